The fraction of sp³-hybridized carbons (Fsp3) is 0.350. The quantitative estimate of drug-likeness (QED) is 0.722. The number of nitrogens with one attached hydrogen (secondary N) is 2. The summed E-state index contributed by atoms with van der Waals surface area (Å²) in [6, 6.07) is 13.2. The van der Waals surface area contributed by atoms with Gasteiger partial charge < -0.3 is 20.1 Å². The van der Waals surface area contributed by atoms with Gasteiger partial charge in [-0.3, -0.25) is 4.79 Å². The number of anilines is 3. The fourth-order valence-electron chi connectivity index (χ4n) is 2.61. The lowest BCUT2D eigenvalue weighted by Gasteiger charge is -2.14. The minimum atomic E-state index is 0.0545. The van der Waals surface area contributed by atoms with Crippen molar-refractivity contribution >= 4 is 23.0 Å². The van der Waals surface area contributed by atoms with Crippen molar-refractivity contribution < 1.29 is 14.3 Å². The normalized spacial score (nSPS) is 10.4. The van der Waals surface area contributed by atoms with E-state index in [9.17, 15) is 4.79 Å². The summed E-state index contributed by atoms with van der Waals surface area (Å²) in [6.07, 6.45) is 1.69. The average molecular weight is 342 g/mol. The second-order valence-electron chi connectivity index (χ2n) is 5.77. The fourth-order valence-corrected chi connectivity index (χ4v) is 2.61. The van der Waals surface area contributed by atoms with E-state index in [2.05, 4.69) is 10.6 Å². The summed E-state index contributed by atoms with van der Waals surface area (Å²) in [5, 5.41) is 6.27. The summed E-state index contributed by atoms with van der Waals surface area (Å²) in [5.41, 5.74) is 2.50. The zero-order valence-corrected chi connectivity index (χ0v) is 15.3. The highest BCUT2D eigenvalue weighted by atomic mass is 16.5. The highest BCUT2D eigenvalue weighted by Gasteiger charge is 2.14. The van der Waals surface area contributed by atoms with Crippen molar-refractivity contribution in [3.8, 4) is 11.5 Å². The van der Waals surface area contributed by atoms with Crippen LogP contribution < -0.4 is 20.1 Å². The van der Waals surface area contributed by atoms with Gasteiger partial charge in [-0.15, -0.1) is 0 Å². The number of methoxy groups -OCH3 is 2. The van der Waals surface area contributed by atoms with Crippen molar-refractivity contribution in [2.45, 2.75) is 26.7 Å². The molecule has 2 aromatic rings. The maximum atomic E-state index is 12.1. The SMILES string of the molecule is CCC(CC)C(=O)Nc1ccc(Nc2cc(OC)ccc2OC)cc1. The molecule has 2 N–H and O–H groups in total. The number of hydrogen-bond acceptors (Lipinski definition) is 4. The van der Waals surface area contributed by atoms with E-state index in [1.165, 1.54) is 0 Å². The minimum Gasteiger partial charge on any atom is -0.497 e. The Balaban J connectivity index is 2.09. The molecule has 0 aliphatic carbocycles. The Kier molecular flexibility index (Phi) is 6.69. The van der Waals surface area contributed by atoms with Crippen molar-refractivity contribution in [2.75, 3.05) is 24.9 Å². The van der Waals surface area contributed by atoms with Gasteiger partial charge in [0.15, 0.2) is 0 Å². The number of benzene rings is 2. The maximum Gasteiger partial charge on any atom is 0.227 e. The molecule has 0 bridgehead atoms. The molecule has 0 saturated carbocycles. The molecule has 5 nitrogen and oxygen atoms in total. The molecular formula is C20H26N2O3. The average Bonchev–Trinajstić information content (AvgIpc) is 2.64. The lowest BCUT2D eigenvalue weighted by atomic mass is 10.0. The monoisotopic (exact) mass is 342 g/mol. The van der Waals surface area contributed by atoms with Crippen molar-refractivity contribution in [3.63, 3.8) is 0 Å². The van der Waals surface area contributed by atoms with Gasteiger partial charge in [-0.2, -0.15) is 0 Å². The van der Waals surface area contributed by atoms with Crippen LogP contribution in [0.25, 0.3) is 0 Å². The van der Waals surface area contributed by atoms with E-state index >= 15 is 0 Å². The Hall–Kier alpha value is -2.69. The van der Waals surface area contributed by atoms with Gasteiger partial charge in [0.2, 0.25) is 5.91 Å². The first-order valence-electron chi connectivity index (χ1n) is 8.51. The third-order valence-corrected chi connectivity index (χ3v) is 4.19. The molecule has 1 amide bonds. The van der Waals surface area contributed by atoms with Crippen LogP contribution in [0.4, 0.5) is 17.1 Å². The molecule has 0 fully saturated rings. The van der Waals surface area contributed by atoms with Crippen molar-refractivity contribution in [3.05, 3.63) is 42.5 Å². The van der Waals surface area contributed by atoms with E-state index in [1.807, 2.05) is 56.3 Å². The second-order valence-corrected chi connectivity index (χ2v) is 5.77. The Morgan fingerprint density at radius 1 is 0.960 bits per heavy atom. The summed E-state index contributed by atoms with van der Waals surface area (Å²) < 4.78 is 10.6. The molecule has 134 valence electrons. The molecule has 0 aromatic heterocycles. The summed E-state index contributed by atoms with van der Waals surface area (Å²) in [7, 11) is 3.26. The van der Waals surface area contributed by atoms with Crippen LogP contribution in [0.2, 0.25) is 0 Å². The van der Waals surface area contributed by atoms with Crippen LogP contribution in [0.15, 0.2) is 42.5 Å². The smallest absolute Gasteiger partial charge is 0.227 e. The summed E-state index contributed by atoms with van der Waals surface area (Å²) in [5.74, 6) is 1.60. The maximum absolute atomic E-state index is 12.1. The number of amides is 1. The van der Waals surface area contributed by atoms with Crippen molar-refractivity contribution in [1.82, 2.24) is 0 Å². The summed E-state index contributed by atoms with van der Waals surface area (Å²) in [4.78, 5) is 12.1. The molecule has 5 heteroatoms. The first-order valence-corrected chi connectivity index (χ1v) is 8.51. The topological polar surface area (TPSA) is 59.6 Å². The van der Waals surface area contributed by atoms with Gasteiger partial charge in [-0.05, 0) is 49.2 Å². The van der Waals surface area contributed by atoms with Crippen LogP contribution in [0.3, 0.4) is 0 Å². The number of hydrogen-bond donors (Lipinski definition) is 2. The van der Waals surface area contributed by atoms with E-state index in [-0.39, 0.29) is 11.8 Å². The first-order chi connectivity index (χ1) is 12.1. The Morgan fingerprint density at radius 2 is 1.60 bits per heavy atom. The van der Waals surface area contributed by atoms with Crippen molar-refractivity contribution in [2.24, 2.45) is 5.92 Å². The largest absolute Gasteiger partial charge is 0.497 e. The molecule has 0 radical (unpaired) electrons. The van der Waals surface area contributed by atoms with Gasteiger partial charge in [0, 0.05) is 23.4 Å². The molecule has 0 atom stereocenters. The van der Waals surface area contributed by atoms with E-state index in [1.54, 1.807) is 14.2 Å². The second kappa shape index (κ2) is 8.97. The predicted octanol–water partition coefficient (Wildman–Crippen LogP) is 4.82. The lowest BCUT2D eigenvalue weighted by Crippen LogP contribution is -2.21. The Morgan fingerprint density at radius 3 is 2.16 bits per heavy atom. The molecule has 2 aromatic carbocycles. The van der Waals surface area contributed by atoms with Crippen LogP contribution in [0, 0.1) is 5.92 Å². The van der Waals surface area contributed by atoms with Crippen LogP contribution in [0.1, 0.15) is 26.7 Å². The zero-order valence-electron chi connectivity index (χ0n) is 15.3. The summed E-state index contributed by atoms with van der Waals surface area (Å²) >= 11 is 0. The first kappa shape index (κ1) is 18.6. The molecule has 25 heavy (non-hydrogen) atoms. The molecular weight excluding hydrogens is 316 g/mol. The zero-order chi connectivity index (χ0) is 18.2. The van der Waals surface area contributed by atoms with Gasteiger partial charge in [-0.25, -0.2) is 0 Å². The van der Waals surface area contributed by atoms with E-state index < -0.39 is 0 Å². The number of ether oxygens (including phenoxy) is 2. The van der Waals surface area contributed by atoms with Crippen LogP contribution in [0.5, 0.6) is 11.5 Å². The van der Waals surface area contributed by atoms with Crippen molar-refractivity contribution in [1.29, 1.82) is 0 Å². The molecule has 0 aliphatic rings. The number of carbonyl (C=O) groups is 1. The van der Waals surface area contributed by atoms with E-state index in [4.69, 9.17) is 9.47 Å². The van der Waals surface area contributed by atoms with Crippen LogP contribution >= 0.6 is 0 Å². The highest BCUT2D eigenvalue weighted by molar-refractivity contribution is 5.92. The van der Waals surface area contributed by atoms with Crippen LogP contribution in [-0.2, 0) is 4.79 Å². The third kappa shape index (κ3) is 4.89. The van der Waals surface area contributed by atoms with Gasteiger partial charge in [0.05, 0.1) is 19.9 Å². The third-order valence-electron chi connectivity index (χ3n) is 4.19. The van der Waals surface area contributed by atoms with Gasteiger partial charge >= 0.3 is 0 Å². The minimum absolute atomic E-state index is 0.0545. The molecule has 0 spiro atoms. The molecule has 2 rings (SSSR count). The predicted molar refractivity (Wildman–Crippen MR) is 102 cm³/mol. The van der Waals surface area contributed by atoms with Gasteiger partial charge in [0.1, 0.15) is 11.5 Å². The highest BCUT2D eigenvalue weighted by Crippen LogP contribution is 2.31. The number of carbonyl (C=O) groups excluding carboxylic acids is 1. The molecule has 0 heterocycles. The Labute approximate surface area is 149 Å². The lowest BCUT2D eigenvalue weighted by molar-refractivity contribution is -0.120. The molecule has 0 unspecified atom stereocenters. The molecule has 0 saturated heterocycles. The van der Waals surface area contributed by atoms with E-state index in [0.717, 1.165) is 41.4 Å². The van der Waals surface area contributed by atoms with Gasteiger partial charge in [0.25, 0.3) is 0 Å². The summed E-state index contributed by atoms with van der Waals surface area (Å²) in [6.45, 7) is 4.06. The standard InChI is InChI=1S/C20H26N2O3/c1-5-14(6-2)20(23)22-16-9-7-15(8-10-16)21-18-13-17(24-3)11-12-19(18)25-4/h7-14,21H,5-6H2,1-4H3,(H,22,23). The van der Waals surface area contributed by atoms with E-state index in [0.29, 0.717) is 0 Å². The van der Waals surface area contributed by atoms with Crippen LogP contribution in [-0.4, -0.2) is 20.1 Å². The molecule has 0 aliphatic heterocycles. The number of rotatable bonds is 8. The Bertz CT molecular complexity index is 695. The van der Waals surface area contributed by atoms with Gasteiger partial charge in [-0.1, -0.05) is 13.8 Å².